The molecule has 0 heterocycles. The van der Waals surface area contributed by atoms with Crippen LogP contribution in [-0.4, -0.2) is 38.6 Å². The lowest BCUT2D eigenvalue weighted by atomic mass is 10.2. The van der Waals surface area contributed by atoms with Crippen LogP contribution >= 0.6 is 0 Å². The van der Waals surface area contributed by atoms with Gasteiger partial charge in [-0.1, -0.05) is 13.0 Å². The van der Waals surface area contributed by atoms with Gasteiger partial charge in [-0.2, -0.15) is 0 Å². The summed E-state index contributed by atoms with van der Waals surface area (Å²) in [5, 5.41) is 8.46. The summed E-state index contributed by atoms with van der Waals surface area (Å²) in [5.74, 6) is -0.199. The summed E-state index contributed by atoms with van der Waals surface area (Å²) in [6.45, 7) is 3.18. The van der Waals surface area contributed by atoms with Gasteiger partial charge in [0.15, 0.2) is 0 Å². The molecule has 0 atom stereocenters. The highest BCUT2D eigenvalue weighted by Crippen LogP contribution is 2.15. The molecule has 0 bridgehead atoms. The molecule has 2 amide bonds. The standard InChI is InChI=1S/C14H21N3O3/c1-3-13(18)16-11-5-4-6-12(9-11)17-14(19)10-15-7-8-20-2/h4-6,9,15H,3,7-8,10H2,1-2H3,(H,16,18)(H,17,19). The third-order valence-electron chi connectivity index (χ3n) is 2.52. The van der Waals surface area contributed by atoms with Crippen molar-refractivity contribution in [2.75, 3.05) is 37.4 Å². The highest BCUT2D eigenvalue weighted by Gasteiger charge is 2.03. The fourth-order valence-corrected chi connectivity index (χ4v) is 1.51. The zero-order valence-electron chi connectivity index (χ0n) is 11.9. The van der Waals surface area contributed by atoms with Crippen molar-refractivity contribution in [3.05, 3.63) is 24.3 Å². The second-order valence-electron chi connectivity index (χ2n) is 4.20. The maximum Gasteiger partial charge on any atom is 0.238 e. The van der Waals surface area contributed by atoms with Crippen molar-refractivity contribution in [2.24, 2.45) is 0 Å². The molecule has 0 aliphatic carbocycles. The minimum absolute atomic E-state index is 0.0605. The van der Waals surface area contributed by atoms with Crippen LogP contribution in [0.1, 0.15) is 13.3 Å². The van der Waals surface area contributed by atoms with Crippen LogP contribution < -0.4 is 16.0 Å². The molecule has 0 saturated heterocycles. The maximum atomic E-state index is 11.7. The van der Waals surface area contributed by atoms with Crippen molar-refractivity contribution in [1.29, 1.82) is 0 Å². The largest absolute Gasteiger partial charge is 0.383 e. The average molecular weight is 279 g/mol. The summed E-state index contributed by atoms with van der Waals surface area (Å²) in [6.07, 6.45) is 0.417. The Labute approximate surface area is 118 Å². The molecule has 0 saturated carbocycles. The van der Waals surface area contributed by atoms with Crippen molar-refractivity contribution in [1.82, 2.24) is 5.32 Å². The molecular weight excluding hydrogens is 258 g/mol. The molecule has 1 aromatic rings. The maximum absolute atomic E-state index is 11.7. The summed E-state index contributed by atoms with van der Waals surface area (Å²) in [4.78, 5) is 23.0. The molecule has 0 fully saturated rings. The predicted molar refractivity (Wildman–Crippen MR) is 78.7 cm³/mol. The molecule has 0 aromatic heterocycles. The quantitative estimate of drug-likeness (QED) is 0.625. The van der Waals surface area contributed by atoms with E-state index >= 15 is 0 Å². The Morgan fingerprint density at radius 2 is 1.80 bits per heavy atom. The summed E-state index contributed by atoms with van der Waals surface area (Å²) < 4.78 is 4.87. The number of hydrogen-bond acceptors (Lipinski definition) is 4. The normalized spacial score (nSPS) is 10.1. The van der Waals surface area contributed by atoms with E-state index in [9.17, 15) is 9.59 Å². The number of ether oxygens (including phenoxy) is 1. The second kappa shape index (κ2) is 9.06. The van der Waals surface area contributed by atoms with E-state index in [-0.39, 0.29) is 18.4 Å². The van der Waals surface area contributed by atoms with Gasteiger partial charge in [0.05, 0.1) is 13.2 Å². The molecule has 0 aliphatic rings. The Morgan fingerprint density at radius 1 is 1.15 bits per heavy atom. The summed E-state index contributed by atoms with van der Waals surface area (Å²) in [7, 11) is 1.61. The van der Waals surface area contributed by atoms with Crippen LogP contribution in [-0.2, 0) is 14.3 Å². The van der Waals surface area contributed by atoms with Gasteiger partial charge in [0.1, 0.15) is 0 Å². The minimum atomic E-state index is -0.139. The zero-order chi connectivity index (χ0) is 14.8. The zero-order valence-corrected chi connectivity index (χ0v) is 11.9. The lowest BCUT2D eigenvalue weighted by molar-refractivity contribution is -0.116. The Morgan fingerprint density at radius 3 is 2.40 bits per heavy atom. The summed E-state index contributed by atoms with van der Waals surface area (Å²) in [5.41, 5.74) is 1.32. The summed E-state index contributed by atoms with van der Waals surface area (Å²) >= 11 is 0. The van der Waals surface area contributed by atoms with Crippen molar-refractivity contribution >= 4 is 23.2 Å². The van der Waals surface area contributed by atoms with Gasteiger partial charge in [0.2, 0.25) is 11.8 Å². The van der Waals surface area contributed by atoms with Gasteiger partial charge in [0.25, 0.3) is 0 Å². The van der Waals surface area contributed by atoms with Gasteiger partial charge in [-0.15, -0.1) is 0 Å². The van der Waals surface area contributed by atoms with E-state index in [1.165, 1.54) is 0 Å². The molecule has 20 heavy (non-hydrogen) atoms. The minimum Gasteiger partial charge on any atom is -0.383 e. The van der Waals surface area contributed by atoms with Gasteiger partial charge in [-0.05, 0) is 18.2 Å². The van der Waals surface area contributed by atoms with Gasteiger partial charge in [-0.3, -0.25) is 9.59 Å². The van der Waals surface area contributed by atoms with Gasteiger partial charge >= 0.3 is 0 Å². The van der Waals surface area contributed by atoms with Gasteiger partial charge in [-0.25, -0.2) is 0 Å². The van der Waals surface area contributed by atoms with Crippen LogP contribution in [0.4, 0.5) is 11.4 Å². The van der Waals surface area contributed by atoms with Crippen molar-refractivity contribution < 1.29 is 14.3 Å². The lowest BCUT2D eigenvalue weighted by Gasteiger charge is -2.09. The molecule has 3 N–H and O–H groups in total. The first-order valence-corrected chi connectivity index (χ1v) is 6.55. The van der Waals surface area contributed by atoms with Crippen LogP contribution in [0.2, 0.25) is 0 Å². The van der Waals surface area contributed by atoms with Crippen molar-refractivity contribution in [2.45, 2.75) is 13.3 Å². The van der Waals surface area contributed by atoms with E-state index < -0.39 is 0 Å². The van der Waals surface area contributed by atoms with Crippen LogP contribution in [0.25, 0.3) is 0 Å². The van der Waals surface area contributed by atoms with Crippen LogP contribution in [0.5, 0.6) is 0 Å². The predicted octanol–water partition coefficient (Wildman–Crippen LogP) is 1.21. The van der Waals surface area contributed by atoms with Crippen LogP contribution in [0.3, 0.4) is 0 Å². The molecule has 0 aliphatic heterocycles. The fourth-order valence-electron chi connectivity index (χ4n) is 1.51. The number of anilines is 2. The van der Waals surface area contributed by atoms with E-state index in [0.29, 0.717) is 30.9 Å². The number of methoxy groups -OCH3 is 1. The Kier molecular flexibility index (Phi) is 7.31. The number of amides is 2. The van der Waals surface area contributed by atoms with E-state index in [2.05, 4.69) is 16.0 Å². The number of carbonyl (C=O) groups is 2. The first-order valence-electron chi connectivity index (χ1n) is 6.55. The van der Waals surface area contributed by atoms with Gasteiger partial charge < -0.3 is 20.7 Å². The highest BCUT2D eigenvalue weighted by molar-refractivity contribution is 5.94. The topological polar surface area (TPSA) is 79.5 Å². The monoisotopic (exact) mass is 279 g/mol. The van der Waals surface area contributed by atoms with Crippen LogP contribution in [0, 0.1) is 0 Å². The Bertz CT molecular complexity index is 449. The second-order valence-corrected chi connectivity index (χ2v) is 4.20. The highest BCUT2D eigenvalue weighted by atomic mass is 16.5. The van der Waals surface area contributed by atoms with Crippen molar-refractivity contribution in [3.8, 4) is 0 Å². The molecule has 1 rings (SSSR count). The molecule has 1 aromatic carbocycles. The number of hydrogen-bond donors (Lipinski definition) is 3. The fraction of sp³-hybridized carbons (Fsp3) is 0.429. The Balaban J connectivity index is 2.45. The van der Waals surface area contributed by atoms with Gasteiger partial charge in [0, 0.05) is 31.5 Å². The Hall–Kier alpha value is -1.92. The molecule has 0 unspecified atom stereocenters. The van der Waals surface area contributed by atoms with E-state index in [1.54, 1.807) is 38.3 Å². The number of nitrogens with one attached hydrogen (secondary N) is 3. The summed E-state index contributed by atoms with van der Waals surface area (Å²) in [6, 6.07) is 7.05. The molecular formula is C14H21N3O3. The number of carbonyl (C=O) groups excluding carboxylic acids is 2. The first-order chi connectivity index (χ1) is 9.65. The van der Waals surface area contributed by atoms with E-state index in [0.717, 1.165) is 0 Å². The third kappa shape index (κ3) is 6.31. The smallest absolute Gasteiger partial charge is 0.238 e. The average Bonchev–Trinajstić information content (AvgIpc) is 2.44. The van der Waals surface area contributed by atoms with E-state index in [1.807, 2.05) is 0 Å². The molecule has 6 heteroatoms. The SMILES string of the molecule is CCC(=O)Nc1cccc(NC(=O)CNCCOC)c1. The molecule has 110 valence electrons. The van der Waals surface area contributed by atoms with Crippen LogP contribution in [0.15, 0.2) is 24.3 Å². The first kappa shape index (κ1) is 16.1. The molecule has 0 spiro atoms. The van der Waals surface area contributed by atoms with Crippen molar-refractivity contribution in [3.63, 3.8) is 0 Å². The number of rotatable bonds is 8. The number of benzene rings is 1. The van der Waals surface area contributed by atoms with E-state index in [4.69, 9.17) is 4.74 Å². The third-order valence-corrected chi connectivity index (χ3v) is 2.52. The molecule has 0 radical (unpaired) electrons. The lowest BCUT2D eigenvalue weighted by Crippen LogP contribution is -2.30. The molecule has 6 nitrogen and oxygen atoms in total.